The molecule has 0 spiro atoms. The van der Waals surface area contributed by atoms with E-state index in [9.17, 15) is 0 Å². The Morgan fingerprint density at radius 3 is 2.52 bits per heavy atom. The highest BCUT2D eigenvalue weighted by atomic mass is 16.5. The molecule has 23 heavy (non-hydrogen) atoms. The molecule has 6 heteroatoms. The van der Waals surface area contributed by atoms with Crippen LogP contribution >= 0.6 is 0 Å². The second-order valence-electron chi connectivity index (χ2n) is 7.28. The van der Waals surface area contributed by atoms with E-state index in [0.29, 0.717) is 18.3 Å². The Morgan fingerprint density at radius 1 is 1.22 bits per heavy atom. The number of unbranched alkanes of at least 4 members (excludes halogenated alkanes) is 1. The Bertz CT molecular complexity index is 474. The molecule has 0 aromatic carbocycles. The zero-order chi connectivity index (χ0) is 17.3. The number of hydrogen-bond donors (Lipinski definition) is 2. The molecule has 0 aliphatic heterocycles. The maximum atomic E-state index is 5.29. The van der Waals surface area contributed by atoms with Gasteiger partial charge >= 0.3 is 0 Å². The number of hydrogen-bond acceptors (Lipinski definition) is 4. The van der Waals surface area contributed by atoms with Crippen LogP contribution in [-0.2, 0) is 12.0 Å². The molecule has 132 valence electrons. The molecular formula is C17H33N5O. The fourth-order valence-electron chi connectivity index (χ4n) is 2.00. The zero-order valence-corrected chi connectivity index (χ0v) is 15.6. The molecule has 0 amide bonds. The molecule has 0 saturated carbocycles. The van der Waals surface area contributed by atoms with Crippen molar-refractivity contribution in [2.45, 2.75) is 72.8 Å². The summed E-state index contributed by atoms with van der Waals surface area (Å²) >= 11 is 0. The molecule has 0 fully saturated rings. The van der Waals surface area contributed by atoms with Crippen LogP contribution in [0.15, 0.2) is 9.52 Å². The second kappa shape index (κ2) is 9.53. The molecule has 0 saturated heterocycles. The monoisotopic (exact) mass is 323 g/mol. The minimum atomic E-state index is -0.131. The van der Waals surface area contributed by atoms with Crippen molar-refractivity contribution >= 4 is 5.96 Å². The minimum Gasteiger partial charge on any atom is -0.357 e. The highest BCUT2D eigenvalue weighted by Gasteiger charge is 2.21. The van der Waals surface area contributed by atoms with Gasteiger partial charge in [0.1, 0.15) is 6.54 Å². The Morgan fingerprint density at radius 2 is 1.96 bits per heavy atom. The summed E-state index contributed by atoms with van der Waals surface area (Å²) in [6, 6.07) is 0. The lowest BCUT2D eigenvalue weighted by molar-refractivity contribution is 0.318. The Labute approximate surface area is 140 Å². The highest BCUT2D eigenvalue weighted by Crippen LogP contribution is 2.19. The standard InChI is InChI=1S/C17H33N5O/c1-7-18-16(19-11-9-8-10-13(2)3)20-12-14-21-15(23-22-14)17(4,5)6/h13H,7-12H2,1-6H3,(H2,18,19,20). The van der Waals surface area contributed by atoms with Gasteiger partial charge in [0.05, 0.1) is 0 Å². The first kappa shape index (κ1) is 19.5. The summed E-state index contributed by atoms with van der Waals surface area (Å²) in [5.41, 5.74) is -0.131. The molecule has 0 atom stereocenters. The van der Waals surface area contributed by atoms with Crippen LogP contribution in [0.2, 0.25) is 0 Å². The van der Waals surface area contributed by atoms with Crippen LogP contribution in [0.4, 0.5) is 0 Å². The Balaban J connectivity index is 2.46. The van der Waals surface area contributed by atoms with E-state index in [2.05, 4.69) is 67.3 Å². The molecule has 0 radical (unpaired) electrons. The van der Waals surface area contributed by atoms with Crippen molar-refractivity contribution in [3.05, 3.63) is 11.7 Å². The number of aliphatic imine (C=N–C) groups is 1. The third kappa shape index (κ3) is 8.00. The molecule has 1 aromatic rings. The number of guanidine groups is 1. The van der Waals surface area contributed by atoms with Crippen molar-refractivity contribution < 1.29 is 4.52 Å². The van der Waals surface area contributed by atoms with Gasteiger partial charge in [-0.1, -0.05) is 52.6 Å². The van der Waals surface area contributed by atoms with Gasteiger partial charge in [-0.2, -0.15) is 4.98 Å². The minimum absolute atomic E-state index is 0.131. The molecule has 0 aliphatic carbocycles. The third-order valence-electron chi connectivity index (χ3n) is 3.33. The molecule has 6 nitrogen and oxygen atoms in total. The van der Waals surface area contributed by atoms with Crippen molar-refractivity contribution in [3.63, 3.8) is 0 Å². The van der Waals surface area contributed by atoms with Crippen LogP contribution in [-0.4, -0.2) is 29.2 Å². The van der Waals surface area contributed by atoms with E-state index in [1.54, 1.807) is 0 Å². The lowest BCUT2D eigenvalue weighted by Gasteiger charge is -2.11. The number of rotatable bonds is 8. The lowest BCUT2D eigenvalue weighted by atomic mass is 9.97. The fourth-order valence-corrected chi connectivity index (χ4v) is 2.00. The molecular weight excluding hydrogens is 290 g/mol. The van der Waals surface area contributed by atoms with Crippen LogP contribution in [0.1, 0.15) is 72.5 Å². The average Bonchev–Trinajstić information content (AvgIpc) is 2.93. The van der Waals surface area contributed by atoms with E-state index in [0.717, 1.165) is 31.4 Å². The van der Waals surface area contributed by atoms with Gasteiger partial charge in [-0.15, -0.1) is 0 Å². The summed E-state index contributed by atoms with van der Waals surface area (Å²) in [4.78, 5) is 8.92. The Hall–Kier alpha value is -1.59. The van der Waals surface area contributed by atoms with Crippen LogP contribution < -0.4 is 10.6 Å². The van der Waals surface area contributed by atoms with Gasteiger partial charge in [-0.3, -0.25) is 0 Å². The molecule has 1 rings (SSSR count). The van der Waals surface area contributed by atoms with Gasteiger partial charge in [0.25, 0.3) is 0 Å². The first-order chi connectivity index (χ1) is 10.8. The second-order valence-corrected chi connectivity index (χ2v) is 7.28. The van der Waals surface area contributed by atoms with Crippen LogP contribution in [0.5, 0.6) is 0 Å². The summed E-state index contributed by atoms with van der Waals surface area (Å²) in [6.45, 7) is 14.9. The third-order valence-corrected chi connectivity index (χ3v) is 3.33. The predicted octanol–water partition coefficient (Wildman–Crippen LogP) is 3.25. The molecule has 0 aliphatic rings. The van der Waals surface area contributed by atoms with Gasteiger partial charge in [-0.25, -0.2) is 4.99 Å². The SMILES string of the molecule is CCNC(=NCc1noc(C(C)(C)C)n1)NCCCCC(C)C. The lowest BCUT2D eigenvalue weighted by Crippen LogP contribution is -2.37. The van der Waals surface area contributed by atoms with E-state index < -0.39 is 0 Å². The van der Waals surface area contributed by atoms with Crippen LogP contribution in [0.25, 0.3) is 0 Å². The maximum Gasteiger partial charge on any atom is 0.232 e. The van der Waals surface area contributed by atoms with Crippen molar-refractivity contribution in [3.8, 4) is 0 Å². The average molecular weight is 323 g/mol. The summed E-state index contributed by atoms with van der Waals surface area (Å²) < 4.78 is 5.29. The summed E-state index contributed by atoms with van der Waals surface area (Å²) in [7, 11) is 0. The Kier molecular flexibility index (Phi) is 8.06. The normalized spacial score (nSPS) is 12.7. The molecule has 0 bridgehead atoms. The van der Waals surface area contributed by atoms with Gasteiger partial charge in [0.15, 0.2) is 11.8 Å². The van der Waals surface area contributed by atoms with Crippen molar-refractivity contribution in [2.75, 3.05) is 13.1 Å². The van der Waals surface area contributed by atoms with Crippen molar-refractivity contribution in [2.24, 2.45) is 10.9 Å². The van der Waals surface area contributed by atoms with Crippen molar-refractivity contribution in [1.29, 1.82) is 0 Å². The number of aromatic nitrogens is 2. The molecule has 1 heterocycles. The van der Waals surface area contributed by atoms with Crippen LogP contribution in [0.3, 0.4) is 0 Å². The van der Waals surface area contributed by atoms with Gasteiger partial charge in [-0.05, 0) is 19.3 Å². The van der Waals surface area contributed by atoms with Gasteiger partial charge in [0, 0.05) is 18.5 Å². The van der Waals surface area contributed by atoms with Crippen LogP contribution in [0, 0.1) is 5.92 Å². The van der Waals surface area contributed by atoms with Crippen molar-refractivity contribution in [1.82, 2.24) is 20.8 Å². The van der Waals surface area contributed by atoms with E-state index in [1.807, 2.05) is 0 Å². The quantitative estimate of drug-likeness (QED) is 0.436. The number of nitrogens with zero attached hydrogens (tertiary/aromatic N) is 3. The maximum absolute atomic E-state index is 5.29. The van der Waals surface area contributed by atoms with E-state index in [-0.39, 0.29) is 5.41 Å². The van der Waals surface area contributed by atoms with Gasteiger partial charge < -0.3 is 15.2 Å². The number of nitrogens with one attached hydrogen (secondary N) is 2. The first-order valence-corrected chi connectivity index (χ1v) is 8.68. The zero-order valence-electron chi connectivity index (χ0n) is 15.6. The smallest absolute Gasteiger partial charge is 0.232 e. The van der Waals surface area contributed by atoms with Gasteiger partial charge in [0.2, 0.25) is 5.89 Å². The van der Waals surface area contributed by atoms with E-state index in [4.69, 9.17) is 4.52 Å². The van der Waals surface area contributed by atoms with E-state index in [1.165, 1.54) is 12.8 Å². The fraction of sp³-hybridized carbons (Fsp3) is 0.824. The van der Waals surface area contributed by atoms with E-state index >= 15 is 0 Å². The molecule has 0 unspecified atom stereocenters. The summed E-state index contributed by atoms with van der Waals surface area (Å²) in [5.74, 6) is 2.84. The highest BCUT2D eigenvalue weighted by molar-refractivity contribution is 5.79. The predicted molar refractivity (Wildman–Crippen MR) is 94.5 cm³/mol. The summed E-state index contributed by atoms with van der Waals surface area (Å²) in [6.07, 6.45) is 3.66. The first-order valence-electron chi connectivity index (χ1n) is 8.68. The topological polar surface area (TPSA) is 75.3 Å². The summed E-state index contributed by atoms with van der Waals surface area (Å²) in [5, 5.41) is 10.6. The molecule has 1 aromatic heterocycles. The largest absolute Gasteiger partial charge is 0.357 e. The molecule has 2 N–H and O–H groups in total.